The third-order valence-electron chi connectivity index (χ3n) is 2.59. The van der Waals surface area contributed by atoms with Crippen LogP contribution in [0.5, 0.6) is 0 Å². The average molecular weight is 185 g/mol. The van der Waals surface area contributed by atoms with E-state index in [1.807, 2.05) is 0 Å². The number of hydrogen-bond donors (Lipinski definition) is 2. The van der Waals surface area contributed by atoms with E-state index >= 15 is 0 Å². The number of carboxylic acid groups (broad SMARTS) is 1. The second-order valence-electron chi connectivity index (χ2n) is 3.86. The highest BCUT2D eigenvalue weighted by molar-refractivity contribution is 6.01. The maximum absolute atomic E-state index is 11.3. The molecule has 13 heavy (non-hydrogen) atoms. The number of rotatable bonds is 4. The summed E-state index contributed by atoms with van der Waals surface area (Å²) in [5.74, 6) is -0.996. The summed E-state index contributed by atoms with van der Waals surface area (Å²) in [6.45, 7) is 1.49. The molecule has 0 bridgehead atoms. The van der Waals surface area contributed by atoms with Gasteiger partial charge < -0.3 is 10.4 Å². The maximum Gasteiger partial charge on any atom is 0.318 e. The number of carbonyl (C=O) groups excluding carboxylic acids is 1. The van der Waals surface area contributed by atoms with Gasteiger partial charge in [-0.1, -0.05) is 12.8 Å². The van der Waals surface area contributed by atoms with E-state index in [-0.39, 0.29) is 0 Å². The Morgan fingerprint density at radius 2 is 2.08 bits per heavy atom. The number of nitrogens with one attached hydrogen (secondary N) is 1. The molecule has 0 aromatic carbocycles. The fourth-order valence-corrected chi connectivity index (χ4v) is 1.45. The predicted molar refractivity (Wildman–Crippen MR) is 47.2 cm³/mol. The van der Waals surface area contributed by atoms with Crippen LogP contribution in [0.2, 0.25) is 0 Å². The SMILES string of the molecule is CNC(=O)C(C)(CC1CC1)C(=O)O. The van der Waals surface area contributed by atoms with Gasteiger partial charge in [-0.2, -0.15) is 0 Å². The lowest BCUT2D eigenvalue weighted by atomic mass is 9.84. The largest absolute Gasteiger partial charge is 0.480 e. The van der Waals surface area contributed by atoms with Crippen molar-refractivity contribution in [2.75, 3.05) is 7.05 Å². The molecule has 1 atom stereocenters. The number of carbonyl (C=O) groups is 2. The van der Waals surface area contributed by atoms with Crippen molar-refractivity contribution in [3.05, 3.63) is 0 Å². The summed E-state index contributed by atoms with van der Waals surface area (Å²) < 4.78 is 0. The minimum absolute atomic E-state index is 0.396. The van der Waals surface area contributed by atoms with Crippen LogP contribution in [0.3, 0.4) is 0 Å². The molecule has 4 heteroatoms. The molecule has 0 heterocycles. The first-order chi connectivity index (χ1) is 6.00. The van der Waals surface area contributed by atoms with Crippen LogP contribution in [0.25, 0.3) is 0 Å². The van der Waals surface area contributed by atoms with Gasteiger partial charge in [0.15, 0.2) is 0 Å². The van der Waals surface area contributed by atoms with Gasteiger partial charge in [0.05, 0.1) is 0 Å². The smallest absolute Gasteiger partial charge is 0.318 e. The monoisotopic (exact) mass is 185 g/mol. The minimum Gasteiger partial charge on any atom is -0.480 e. The highest BCUT2D eigenvalue weighted by Gasteiger charge is 2.44. The fraction of sp³-hybridized carbons (Fsp3) is 0.778. The van der Waals surface area contributed by atoms with Gasteiger partial charge >= 0.3 is 5.97 Å². The Bertz CT molecular complexity index is 235. The second kappa shape index (κ2) is 3.36. The van der Waals surface area contributed by atoms with Crippen LogP contribution in [0, 0.1) is 11.3 Å². The summed E-state index contributed by atoms with van der Waals surface area (Å²) in [4.78, 5) is 22.3. The first-order valence-electron chi connectivity index (χ1n) is 4.46. The van der Waals surface area contributed by atoms with Crippen LogP contribution in [-0.2, 0) is 9.59 Å². The third kappa shape index (κ3) is 1.99. The Kier molecular flexibility index (Phi) is 2.59. The number of aliphatic carboxylic acids is 1. The molecule has 0 aromatic heterocycles. The zero-order chi connectivity index (χ0) is 10.1. The molecule has 2 N–H and O–H groups in total. The third-order valence-corrected chi connectivity index (χ3v) is 2.59. The van der Waals surface area contributed by atoms with Gasteiger partial charge in [0.25, 0.3) is 0 Å². The van der Waals surface area contributed by atoms with E-state index in [0.29, 0.717) is 12.3 Å². The van der Waals surface area contributed by atoms with Crippen molar-refractivity contribution in [1.82, 2.24) is 5.32 Å². The lowest BCUT2D eigenvalue weighted by molar-refractivity contribution is -0.155. The van der Waals surface area contributed by atoms with Crippen molar-refractivity contribution < 1.29 is 14.7 Å². The van der Waals surface area contributed by atoms with Crippen molar-refractivity contribution >= 4 is 11.9 Å². The van der Waals surface area contributed by atoms with E-state index in [0.717, 1.165) is 12.8 Å². The van der Waals surface area contributed by atoms with Gasteiger partial charge in [0, 0.05) is 7.05 Å². The summed E-state index contributed by atoms with van der Waals surface area (Å²) in [6, 6.07) is 0. The Morgan fingerprint density at radius 1 is 1.54 bits per heavy atom. The summed E-state index contributed by atoms with van der Waals surface area (Å²) in [7, 11) is 1.47. The van der Waals surface area contributed by atoms with E-state index in [1.165, 1.54) is 14.0 Å². The van der Waals surface area contributed by atoms with E-state index in [4.69, 9.17) is 5.11 Å². The van der Waals surface area contributed by atoms with Crippen molar-refractivity contribution in [3.63, 3.8) is 0 Å². The van der Waals surface area contributed by atoms with Crippen molar-refractivity contribution in [3.8, 4) is 0 Å². The molecule has 1 saturated carbocycles. The summed E-state index contributed by atoms with van der Waals surface area (Å²) in [5, 5.41) is 11.4. The Labute approximate surface area is 77.3 Å². The quantitative estimate of drug-likeness (QED) is 0.631. The van der Waals surface area contributed by atoms with Gasteiger partial charge in [-0.25, -0.2) is 0 Å². The van der Waals surface area contributed by atoms with Crippen LogP contribution >= 0.6 is 0 Å². The Morgan fingerprint density at radius 3 is 2.38 bits per heavy atom. The molecule has 1 aliphatic carbocycles. The molecule has 0 spiro atoms. The van der Waals surface area contributed by atoms with Gasteiger partial charge in [0.1, 0.15) is 5.41 Å². The summed E-state index contributed by atoms with van der Waals surface area (Å²) >= 11 is 0. The molecule has 1 amide bonds. The first kappa shape index (κ1) is 10.0. The van der Waals surface area contributed by atoms with Crippen molar-refractivity contribution in [2.24, 2.45) is 11.3 Å². The molecule has 0 aliphatic heterocycles. The van der Waals surface area contributed by atoms with E-state index in [2.05, 4.69) is 5.32 Å². The molecule has 0 aromatic rings. The second-order valence-corrected chi connectivity index (χ2v) is 3.86. The van der Waals surface area contributed by atoms with Crippen molar-refractivity contribution in [1.29, 1.82) is 0 Å². The topological polar surface area (TPSA) is 66.4 Å². The zero-order valence-corrected chi connectivity index (χ0v) is 7.96. The molecule has 0 saturated heterocycles. The highest BCUT2D eigenvalue weighted by atomic mass is 16.4. The van der Waals surface area contributed by atoms with Crippen molar-refractivity contribution in [2.45, 2.75) is 26.2 Å². The van der Waals surface area contributed by atoms with Crippen LogP contribution in [-0.4, -0.2) is 24.0 Å². The molecule has 4 nitrogen and oxygen atoms in total. The molecular weight excluding hydrogens is 170 g/mol. The zero-order valence-electron chi connectivity index (χ0n) is 7.96. The summed E-state index contributed by atoms with van der Waals surface area (Å²) in [6.07, 6.45) is 2.57. The number of amides is 1. The fourth-order valence-electron chi connectivity index (χ4n) is 1.45. The predicted octanol–water partition coefficient (Wildman–Crippen LogP) is 0.623. The standard InChI is InChI=1S/C9H15NO3/c1-9(8(12)13,7(11)10-2)5-6-3-4-6/h6H,3-5H2,1-2H3,(H,10,11)(H,12,13). The minimum atomic E-state index is -1.24. The molecule has 74 valence electrons. The van der Waals surface area contributed by atoms with Crippen LogP contribution in [0.1, 0.15) is 26.2 Å². The number of carboxylic acids is 1. The van der Waals surface area contributed by atoms with E-state index < -0.39 is 17.3 Å². The van der Waals surface area contributed by atoms with Crippen LogP contribution in [0.4, 0.5) is 0 Å². The lowest BCUT2D eigenvalue weighted by Crippen LogP contribution is -2.43. The molecule has 1 fully saturated rings. The van der Waals surface area contributed by atoms with Gasteiger partial charge in [-0.05, 0) is 19.3 Å². The molecular formula is C9H15NO3. The maximum atomic E-state index is 11.3. The molecule has 0 radical (unpaired) electrons. The van der Waals surface area contributed by atoms with E-state index in [1.54, 1.807) is 0 Å². The summed E-state index contributed by atoms with van der Waals surface area (Å²) in [5.41, 5.74) is -1.24. The average Bonchev–Trinajstić information content (AvgIpc) is 2.86. The number of hydrogen-bond acceptors (Lipinski definition) is 2. The van der Waals surface area contributed by atoms with Gasteiger partial charge in [0.2, 0.25) is 5.91 Å². The first-order valence-corrected chi connectivity index (χ1v) is 4.46. The highest BCUT2D eigenvalue weighted by Crippen LogP contribution is 2.40. The Hall–Kier alpha value is -1.06. The molecule has 1 aliphatic rings. The van der Waals surface area contributed by atoms with Crippen LogP contribution < -0.4 is 5.32 Å². The normalized spacial score (nSPS) is 20.5. The van der Waals surface area contributed by atoms with Gasteiger partial charge in [-0.3, -0.25) is 9.59 Å². The van der Waals surface area contributed by atoms with Gasteiger partial charge in [-0.15, -0.1) is 0 Å². The molecule has 1 rings (SSSR count). The van der Waals surface area contributed by atoms with Crippen LogP contribution in [0.15, 0.2) is 0 Å². The van der Waals surface area contributed by atoms with E-state index in [9.17, 15) is 9.59 Å². The Balaban J connectivity index is 2.71. The molecule has 1 unspecified atom stereocenters. The lowest BCUT2D eigenvalue weighted by Gasteiger charge is -2.22.